The SMILES string of the molecule is CC(C)(C)c1[c-]c(C(C)(C)C)ccc1.[Cl-].[Cl-].[Ti+3]. The Balaban J connectivity index is -0.000000653. The van der Waals surface area contributed by atoms with Crippen molar-refractivity contribution in [2.24, 2.45) is 0 Å². The molecule has 3 heteroatoms. The monoisotopic (exact) mass is 307 g/mol. The zero-order chi connectivity index (χ0) is 11.0. The Bertz CT molecular complexity index is 292. The molecule has 0 bridgehead atoms. The van der Waals surface area contributed by atoms with Crippen LogP contribution in [0, 0.1) is 6.07 Å². The van der Waals surface area contributed by atoms with Gasteiger partial charge in [0.25, 0.3) is 0 Å². The van der Waals surface area contributed by atoms with Crippen molar-refractivity contribution in [3.05, 3.63) is 35.4 Å². The fourth-order valence-corrected chi connectivity index (χ4v) is 1.34. The van der Waals surface area contributed by atoms with E-state index in [0.29, 0.717) is 0 Å². The van der Waals surface area contributed by atoms with Crippen LogP contribution in [0.15, 0.2) is 18.2 Å². The molecule has 1 rings (SSSR count). The maximum atomic E-state index is 3.52. The van der Waals surface area contributed by atoms with E-state index < -0.39 is 0 Å². The molecule has 0 heterocycles. The molecular formula is C14H21Cl2Ti. The van der Waals surface area contributed by atoms with Crippen molar-refractivity contribution in [1.29, 1.82) is 0 Å². The molecule has 0 amide bonds. The van der Waals surface area contributed by atoms with Crippen LogP contribution < -0.4 is 24.8 Å². The van der Waals surface area contributed by atoms with E-state index in [2.05, 4.69) is 65.8 Å². The molecule has 0 nitrogen and oxygen atoms in total. The van der Waals surface area contributed by atoms with Gasteiger partial charge in [-0.05, 0) is 10.8 Å². The van der Waals surface area contributed by atoms with Crippen molar-refractivity contribution in [3.8, 4) is 0 Å². The van der Waals surface area contributed by atoms with Crippen LogP contribution in [-0.4, -0.2) is 0 Å². The molecule has 0 atom stereocenters. The molecule has 0 unspecified atom stereocenters. The van der Waals surface area contributed by atoms with Crippen molar-refractivity contribution >= 4 is 0 Å². The second kappa shape index (κ2) is 7.84. The summed E-state index contributed by atoms with van der Waals surface area (Å²) >= 11 is 0. The Morgan fingerprint density at radius 2 is 1.06 bits per heavy atom. The summed E-state index contributed by atoms with van der Waals surface area (Å²) in [6.45, 7) is 13.4. The van der Waals surface area contributed by atoms with E-state index >= 15 is 0 Å². The van der Waals surface area contributed by atoms with E-state index in [0.717, 1.165) is 0 Å². The quantitative estimate of drug-likeness (QED) is 0.388. The predicted molar refractivity (Wildman–Crippen MR) is 62.7 cm³/mol. The van der Waals surface area contributed by atoms with Gasteiger partial charge in [0.2, 0.25) is 0 Å². The molecule has 0 fully saturated rings. The summed E-state index contributed by atoms with van der Waals surface area (Å²) in [5.41, 5.74) is 2.98. The molecule has 1 radical (unpaired) electrons. The molecule has 0 saturated carbocycles. The van der Waals surface area contributed by atoms with Gasteiger partial charge < -0.3 is 24.8 Å². The minimum Gasteiger partial charge on any atom is -1.00 e. The maximum Gasteiger partial charge on any atom is 3.00 e. The maximum absolute atomic E-state index is 3.52. The Morgan fingerprint density at radius 3 is 1.29 bits per heavy atom. The molecule has 0 N–H and O–H groups in total. The summed E-state index contributed by atoms with van der Waals surface area (Å²) < 4.78 is 0. The molecular weight excluding hydrogens is 287 g/mol. The van der Waals surface area contributed by atoms with Crippen molar-refractivity contribution in [3.63, 3.8) is 0 Å². The fraction of sp³-hybridized carbons (Fsp3) is 0.571. The Hall–Kier alpha value is 0.514. The van der Waals surface area contributed by atoms with Crippen molar-refractivity contribution < 1.29 is 46.5 Å². The predicted octanol–water partition coefficient (Wildman–Crippen LogP) is -1.91. The van der Waals surface area contributed by atoms with Crippen LogP contribution in [0.2, 0.25) is 0 Å². The first kappa shape index (κ1) is 22.7. The summed E-state index contributed by atoms with van der Waals surface area (Å²) in [5, 5.41) is 0. The molecule has 1 aromatic carbocycles. The fourth-order valence-electron chi connectivity index (χ4n) is 1.34. The van der Waals surface area contributed by atoms with Crippen LogP contribution in [0.3, 0.4) is 0 Å². The average Bonchev–Trinajstić information content (AvgIpc) is 2.01. The number of halogens is 2. The van der Waals surface area contributed by atoms with Gasteiger partial charge in [-0.3, -0.25) is 0 Å². The topological polar surface area (TPSA) is 0 Å². The van der Waals surface area contributed by atoms with Gasteiger partial charge in [0, 0.05) is 0 Å². The van der Waals surface area contributed by atoms with Gasteiger partial charge >= 0.3 is 21.7 Å². The summed E-state index contributed by atoms with van der Waals surface area (Å²) in [5.74, 6) is 0. The largest absolute Gasteiger partial charge is 3.00 e. The van der Waals surface area contributed by atoms with Gasteiger partial charge in [-0.15, -0.1) is 0 Å². The third-order valence-corrected chi connectivity index (χ3v) is 2.41. The first-order chi connectivity index (χ1) is 6.21. The van der Waals surface area contributed by atoms with Crippen LogP contribution in [0.1, 0.15) is 52.7 Å². The van der Waals surface area contributed by atoms with E-state index in [1.165, 1.54) is 11.1 Å². The van der Waals surface area contributed by atoms with Gasteiger partial charge in [-0.25, -0.2) is 0 Å². The molecule has 17 heavy (non-hydrogen) atoms. The minimum atomic E-state index is 0. The number of hydrogen-bond acceptors (Lipinski definition) is 0. The van der Waals surface area contributed by atoms with Crippen LogP contribution in [0.5, 0.6) is 0 Å². The zero-order valence-electron chi connectivity index (χ0n) is 11.5. The van der Waals surface area contributed by atoms with Gasteiger partial charge in [-0.1, -0.05) is 41.5 Å². The molecule has 0 aromatic heterocycles. The second-order valence-corrected chi connectivity index (χ2v) is 5.98. The molecule has 0 saturated heterocycles. The summed E-state index contributed by atoms with van der Waals surface area (Å²) in [6.07, 6.45) is 0. The third-order valence-electron chi connectivity index (χ3n) is 2.41. The number of hydrogen-bond donors (Lipinski definition) is 0. The standard InChI is InChI=1S/C14H21.2ClH.Ti/c1-13(2,3)11-8-7-9-12(10-11)14(4,5)6;;;/h7-9H,1-6H3;2*1H;/q-1;;;+3/p-2. The zero-order valence-corrected chi connectivity index (χ0v) is 14.6. The third kappa shape index (κ3) is 6.86. The summed E-state index contributed by atoms with van der Waals surface area (Å²) in [7, 11) is 0. The van der Waals surface area contributed by atoms with Crippen molar-refractivity contribution in [2.45, 2.75) is 52.4 Å². The second-order valence-electron chi connectivity index (χ2n) is 5.98. The van der Waals surface area contributed by atoms with Crippen molar-refractivity contribution in [1.82, 2.24) is 0 Å². The smallest absolute Gasteiger partial charge is 1.00 e. The Kier molecular flexibility index (Phi) is 10.5. The summed E-state index contributed by atoms with van der Waals surface area (Å²) in [4.78, 5) is 0. The van der Waals surface area contributed by atoms with Crippen LogP contribution in [0.4, 0.5) is 0 Å². The Morgan fingerprint density at radius 1 is 0.765 bits per heavy atom. The molecule has 95 valence electrons. The van der Waals surface area contributed by atoms with E-state index in [-0.39, 0.29) is 57.4 Å². The van der Waals surface area contributed by atoms with Crippen LogP contribution in [0.25, 0.3) is 0 Å². The normalized spacial score (nSPS) is 10.7. The number of rotatable bonds is 0. The van der Waals surface area contributed by atoms with Gasteiger partial charge in [0.15, 0.2) is 0 Å². The number of benzene rings is 1. The minimum absolute atomic E-state index is 0. The molecule has 0 aliphatic carbocycles. The molecule has 0 aliphatic heterocycles. The van der Waals surface area contributed by atoms with Crippen LogP contribution in [-0.2, 0) is 32.5 Å². The Labute approximate surface area is 134 Å². The van der Waals surface area contributed by atoms with E-state index in [9.17, 15) is 0 Å². The molecule has 0 aliphatic rings. The first-order valence-electron chi connectivity index (χ1n) is 5.24. The van der Waals surface area contributed by atoms with E-state index in [4.69, 9.17) is 0 Å². The van der Waals surface area contributed by atoms with Gasteiger partial charge in [0.05, 0.1) is 0 Å². The van der Waals surface area contributed by atoms with Gasteiger partial charge in [0.1, 0.15) is 0 Å². The van der Waals surface area contributed by atoms with Gasteiger partial charge in [-0.2, -0.15) is 35.4 Å². The van der Waals surface area contributed by atoms with Crippen molar-refractivity contribution in [2.75, 3.05) is 0 Å². The average molecular weight is 308 g/mol. The van der Waals surface area contributed by atoms with E-state index in [1.807, 2.05) is 0 Å². The van der Waals surface area contributed by atoms with Crippen LogP contribution >= 0.6 is 0 Å². The molecule has 0 spiro atoms. The molecule has 1 aromatic rings. The van der Waals surface area contributed by atoms with E-state index in [1.54, 1.807) is 0 Å². The summed E-state index contributed by atoms with van der Waals surface area (Å²) in [6, 6.07) is 9.98. The first-order valence-corrected chi connectivity index (χ1v) is 5.24.